The van der Waals surface area contributed by atoms with E-state index >= 15 is 0 Å². The minimum atomic E-state index is -2.58. The van der Waals surface area contributed by atoms with E-state index in [9.17, 15) is 18.0 Å². The molecule has 0 saturated carbocycles. The number of alkyl halides is 2. The van der Waals surface area contributed by atoms with Crippen LogP contribution in [0.15, 0.2) is 53.4 Å². The van der Waals surface area contributed by atoms with Crippen LogP contribution in [0.1, 0.15) is 0 Å². The van der Waals surface area contributed by atoms with Crippen molar-refractivity contribution in [1.29, 1.82) is 0 Å². The summed E-state index contributed by atoms with van der Waals surface area (Å²) in [6.45, 7) is -0.350. The van der Waals surface area contributed by atoms with Gasteiger partial charge in [-0.1, -0.05) is 30.0 Å². The molecule has 0 saturated heterocycles. The summed E-state index contributed by atoms with van der Waals surface area (Å²) in [4.78, 5) is 12.0. The number of hydrogen-bond acceptors (Lipinski definition) is 3. The van der Waals surface area contributed by atoms with E-state index in [1.54, 1.807) is 12.1 Å². The number of hydrogen-bond donors (Lipinski definition) is 1. The minimum absolute atomic E-state index is 0.213. The van der Waals surface area contributed by atoms with E-state index in [1.165, 1.54) is 30.3 Å². The maximum atomic E-state index is 13.0. The lowest BCUT2D eigenvalue weighted by molar-refractivity contribution is -0.118. The molecule has 0 heterocycles. The van der Waals surface area contributed by atoms with Crippen LogP contribution in [0, 0.1) is 5.82 Å². The van der Waals surface area contributed by atoms with E-state index in [1.807, 2.05) is 0 Å². The van der Waals surface area contributed by atoms with Crippen molar-refractivity contribution >= 4 is 23.4 Å². The van der Waals surface area contributed by atoms with Crippen LogP contribution in [0.25, 0.3) is 0 Å². The Kier molecular flexibility index (Phi) is 5.71. The topological polar surface area (TPSA) is 38.3 Å². The van der Waals surface area contributed by atoms with Crippen molar-refractivity contribution in [2.75, 3.05) is 11.9 Å². The Morgan fingerprint density at radius 1 is 1.18 bits per heavy atom. The van der Waals surface area contributed by atoms with Gasteiger partial charge in [0.1, 0.15) is 11.6 Å². The van der Waals surface area contributed by atoms with Gasteiger partial charge in [0.15, 0.2) is 6.61 Å². The van der Waals surface area contributed by atoms with Gasteiger partial charge in [0.25, 0.3) is 11.7 Å². The SMILES string of the molecule is O=C(COc1cccc(F)c1)Nc1ccccc1SC(F)F. The van der Waals surface area contributed by atoms with Crippen molar-refractivity contribution in [2.24, 2.45) is 0 Å². The number of halogens is 3. The molecule has 0 aliphatic heterocycles. The summed E-state index contributed by atoms with van der Waals surface area (Å²) in [5.74, 6) is -3.37. The third-order valence-corrected chi connectivity index (χ3v) is 3.33. The predicted molar refractivity (Wildman–Crippen MR) is 78.8 cm³/mol. The molecule has 0 aliphatic rings. The molecule has 22 heavy (non-hydrogen) atoms. The monoisotopic (exact) mass is 327 g/mol. The largest absolute Gasteiger partial charge is 0.484 e. The summed E-state index contributed by atoms with van der Waals surface area (Å²) in [7, 11) is 0. The lowest BCUT2D eigenvalue weighted by atomic mass is 10.3. The van der Waals surface area contributed by atoms with Crippen molar-refractivity contribution in [3.8, 4) is 5.75 Å². The van der Waals surface area contributed by atoms with Gasteiger partial charge in [-0.3, -0.25) is 4.79 Å². The van der Waals surface area contributed by atoms with Crippen LogP contribution in [0.2, 0.25) is 0 Å². The predicted octanol–water partition coefficient (Wildman–Crippen LogP) is 4.16. The third kappa shape index (κ3) is 5.00. The maximum Gasteiger partial charge on any atom is 0.288 e. The number of ether oxygens (including phenoxy) is 1. The lowest BCUT2D eigenvalue weighted by Gasteiger charge is -2.11. The minimum Gasteiger partial charge on any atom is -0.484 e. The smallest absolute Gasteiger partial charge is 0.288 e. The van der Waals surface area contributed by atoms with Crippen molar-refractivity contribution in [1.82, 2.24) is 0 Å². The van der Waals surface area contributed by atoms with E-state index in [0.29, 0.717) is 11.8 Å². The molecule has 1 amide bonds. The first-order valence-electron chi connectivity index (χ1n) is 6.26. The molecule has 0 aliphatic carbocycles. The summed E-state index contributed by atoms with van der Waals surface area (Å²) in [5.41, 5.74) is 0.278. The fourth-order valence-electron chi connectivity index (χ4n) is 1.66. The van der Waals surface area contributed by atoms with Crippen LogP contribution in [0.4, 0.5) is 18.9 Å². The summed E-state index contributed by atoms with van der Waals surface area (Å²) in [6, 6.07) is 11.6. The van der Waals surface area contributed by atoms with Gasteiger partial charge in [-0.25, -0.2) is 4.39 Å². The van der Waals surface area contributed by atoms with Crippen LogP contribution in [-0.2, 0) is 4.79 Å². The van der Waals surface area contributed by atoms with Gasteiger partial charge >= 0.3 is 0 Å². The number of carbonyl (C=O) groups excluding carboxylic acids is 1. The van der Waals surface area contributed by atoms with Gasteiger partial charge in [-0.2, -0.15) is 8.78 Å². The zero-order chi connectivity index (χ0) is 15.9. The first kappa shape index (κ1) is 16.2. The number of benzene rings is 2. The number of carbonyl (C=O) groups is 1. The molecule has 2 aromatic rings. The van der Waals surface area contributed by atoms with Crippen molar-refractivity contribution in [3.63, 3.8) is 0 Å². The zero-order valence-electron chi connectivity index (χ0n) is 11.3. The molecule has 116 valence electrons. The molecule has 0 aromatic heterocycles. The molecule has 1 N–H and O–H groups in total. The molecule has 2 aromatic carbocycles. The lowest BCUT2D eigenvalue weighted by Crippen LogP contribution is -2.20. The molecular formula is C15H12F3NO2S. The molecular weight excluding hydrogens is 315 g/mol. The second kappa shape index (κ2) is 7.74. The quantitative estimate of drug-likeness (QED) is 0.810. The second-order valence-electron chi connectivity index (χ2n) is 4.17. The Balaban J connectivity index is 1.95. The maximum absolute atomic E-state index is 13.0. The molecule has 0 spiro atoms. The number of nitrogens with one attached hydrogen (secondary N) is 1. The third-order valence-electron chi connectivity index (χ3n) is 2.54. The first-order valence-corrected chi connectivity index (χ1v) is 7.14. The number of thioether (sulfide) groups is 1. The van der Waals surface area contributed by atoms with Crippen LogP contribution < -0.4 is 10.1 Å². The van der Waals surface area contributed by atoms with Gasteiger partial charge in [-0.15, -0.1) is 0 Å². The average molecular weight is 327 g/mol. The van der Waals surface area contributed by atoms with Crippen molar-refractivity contribution in [2.45, 2.75) is 10.7 Å². The number of rotatable bonds is 6. The normalized spacial score (nSPS) is 10.5. The standard InChI is InChI=1S/C15H12F3NO2S/c16-10-4-3-5-11(8-10)21-9-14(20)19-12-6-1-2-7-13(12)22-15(17)18/h1-8,15H,9H2,(H,19,20). The van der Waals surface area contributed by atoms with E-state index < -0.39 is 17.5 Å². The first-order chi connectivity index (χ1) is 10.5. The van der Waals surface area contributed by atoms with Gasteiger partial charge in [0, 0.05) is 11.0 Å². The molecule has 0 unspecified atom stereocenters. The fourth-order valence-corrected chi connectivity index (χ4v) is 2.26. The highest BCUT2D eigenvalue weighted by Gasteiger charge is 2.12. The summed E-state index contributed by atoms with van der Waals surface area (Å²) in [5, 5.41) is 2.49. The van der Waals surface area contributed by atoms with Crippen LogP contribution in [0.5, 0.6) is 5.75 Å². The molecule has 0 radical (unpaired) electrons. The van der Waals surface area contributed by atoms with Crippen LogP contribution in [-0.4, -0.2) is 18.3 Å². The van der Waals surface area contributed by atoms with Gasteiger partial charge in [0.2, 0.25) is 0 Å². The van der Waals surface area contributed by atoms with Crippen molar-refractivity contribution in [3.05, 3.63) is 54.3 Å². The molecule has 2 rings (SSSR count). The van der Waals surface area contributed by atoms with Crippen LogP contribution >= 0.6 is 11.8 Å². The summed E-state index contributed by atoms with van der Waals surface area (Å²) in [6.07, 6.45) is 0. The van der Waals surface area contributed by atoms with Gasteiger partial charge < -0.3 is 10.1 Å². The van der Waals surface area contributed by atoms with Gasteiger partial charge in [-0.05, 0) is 24.3 Å². The molecule has 0 fully saturated rings. The van der Waals surface area contributed by atoms with E-state index in [0.717, 1.165) is 6.07 Å². The van der Waals surface area contributed by atoms with E-state index in [4.69, 9.17) is 4.74 Å². The van der Waals surface area contributed by atoms with Crippen molar-refractivity contribution < 1.29 is 22.7 Å². The number of amides is 1. The Hall–Kier alpha value is -2.15. The van der Waals surface area contributed by atoms with Crippen LogP contribution in [0.3, 0.4) is 0 Å². The molecule has 3 nitrogen and oxygen atoms in total. The number of anilines is 1. The molecule has 0 bridgehead atoms. The highest BCUT2D eigenvalue weighted by Crippen LogP contribution is 2.31. The van der Waals surface area contributed by atoms with Gasteiger partial charge in [0.05, 0.1) is 5.69 Å². The summed E-state index contributed by atoms with van der Waals surface area (Å²) >= 11 is 0.345. The fraction of sp³-hybridized carbons (Fsp3) is 0.133. The summed E-state index contributed by atoms with van der Waals surface area (Å²) < 4.78 is 43.0. The highest BCUT2D eigenvalue weighted by molar-refractivity contribution is 7.99. The Bertz CT molecular complexity index is 652. The van der Waals surface area contributed by atoms with E-state index in [-0.39, 0.29) is 22.9 Å². The Morgan fingerprint density at radius 2 is 1.95 bits per heavy atom. The molecule has 7 heteroatoms. The molecule has 0 atom stereocenters. The average Bonchev–Trinajstić information content (AvgIpc) is 2.47. The zero-order valence-corrected chi connectivity index (χ0v) is 12.1. The Labute approximate surface area is 129 Å². The second-order valence-corrected chi connectivity index (χ2v) is 5.20. The Morgan fingerprint density at radius 3 is 2.68 bits per heavy atom. The number of para-hydroxylation sites is 1. The highest BCUT2D eigenvalue weighted by atomic mass is 32.2. The van der Waals surface area contributed by atoms with E-state index in [2.05, 4.69) is 5.32 Å².